The summed E-state index contributed by atoms with van der Waals surface area (Å²) in [5.74, 6) is 1.03. The molecule has 0 radical (unpaired) electrons. The van der Waals surface area contributed by atoms with Crippen molar-refractivity contribution in [3.8, 4) is 11.6 Å². The van der Waals surface area contributed by atoms with E-state index in [9.17, 15) is 0 Å². The van der Waals surface area contributed by atoms with Crippen molar-refractivity contribution in [2.24, 2.45) is 0 Å². The zero-order valence-electron chi connectivity index (χ0n) is 9.15. The molecule has 1 heterocycles. The van der Waals surface area contributed by atoms with Gasteiger partial charge in [0.25, 0.3) is 0 Å². The number of hydrogen-bond acceptors (Lipinski definition) is 3. The van der Waals surface area contributed by atoms with Gasteiger partial charge in [0.2, 0.25) is 5.88 Å². The van der Waals surface area contributed by atoms with E-state index in [1.165, 1.54) is 12.4 Å². The summed E-state index contributed by atoms with van der Waals surface area (Å²) in [5, 5.41) is 1.03. The monoisotopic (exact) mass is 268 g/mol. The SMILES string of the molecule is CCc1cc(Oc2cncc(Cl)n2)ccc1Cl. The number of nitrogens with zero attached hydrogens (tertiary/aromatic N) is 2. The fourth-order valence-electron chi connectivity index (χ4n) is 1.38. The summed E-state index contributed by atoms with van der Waals surface area (Å²) in [5.41, 5.74) is 1.03. The number of benzene rings is 1. The van der Waals surface area contributed by atoms with Gasteiger partial charge in [0.05, 0.1) is 12.4 Å². The number of aromatic nitrogens is 2. The lowest BCUT2D eigenvalue weighted by atomic mass is 10.1. The van der Waals surface area contributed by atoms with Crippen LogP contribution >= 0.6 is 23.2 Å². The van der Waals surface area contributed by atoms with Gasteiger partial charge in [-0.25, -0.2) is 0 Å². The highest BCUT2D eigenvalue weighted by atomic mass is 35.5. The number of aryl methyl sites for hydroxylation is 1. The Hall–Kier alpha value is -1.32. The predicted octanol–water partition coefficient (Wildman–Crippen LogP) is 4.14. The van der Waals surface area contributed by atoms with Crippen LogP contribution in [0.4, 0.5) is 0 Å². The Labute approximate surface area is 109 Å². The second kappa shape index (κ2) is 5.34. The van der Waals surface area contributed by atoms with Gasteiger partial charge in [0.15, 0.2) is 5.15 Å². The Morgan fingerprint density at radius 2 is 2.06 bits per heavy atom. The predicted molar refractivity (Wildman–Crippen MR) is 67.9 cm³/mol. The Morgan fingerprint density at radius 1 is 1.24 bits per heavy atom. The van der Waals surface area contributed by atoms with Gasteiger partial charge in [0.1, 0.15) is 5.75 Å². The molecule has 1 aromatic carbocycles. The maximum absolute atomic E-state index is 6.02. The first-order valence-electron chi connectivity index (χ1n) is 5.13. The highest BCUT2D eigenvalue weighted by Crippen LogP contribution is 2.25. The van der Waals surface area contributed by atoms with Gasteiger partial charge in [-0.1, -0.05) is 30.1 Å². The molecule has 0 spiro atoms. The first-order valence-corrected chi connectivity index (χ1v) is 5.88. The smallest absolute Gasteiger partial charge is 0.239 e. The normalized spacial score (nSPS) is 10.3. The molecular weight excluding hydrogens is 259 g/mol. The van der Waals surface area contributed by atoms with Crippen molar-refractivity contribution in [1.82, 2.24) is 9.97 Å². The minimum atomic E-state index is 0.298. The largest absolute Gasteiger partial charge is 0.437 e. The fraction of sp³-hybridized carbons (Fsp3) is 0.167. The zero-order chi connectivity index (χ0) is 12.3. The van der Waals surface area contributed by atoms with E-state index in [-0.39, 0.29) is 0 Å². The molecule has 3 nitrogen and oxygen atoms in total. The topological polar surface area (TPSA) is 35.0 Å². The van der Waals surface area contributed by atoms with Crippen molar-refractivity contribution in [2.45, 2.75) is 13.3 Å². The van der Waals surface area contributed by atoms with Crippen LogP contribution in [0.5, 0.6) is 11.6 Å². The van der Waals surface area contributed by atoms with Gasteiger partial charge in [-0.3, -0.25) is 4.98 Å². The van der Waals surface area contributed by atoms with E-state index < -0.39 is 0 Å². The van der Waals surface area contributed by atoms with E-state index in [4.69, 9.17) is 27.9 Å². The van der Waals surface area contributed by atoms with Crippen molar-refractivity contribution in [1.29, 1.82) is 0 Å². The third-order valence-electron chi connectivity index (χ3n) is 2.20. The summed E-state index contributed by atoms with van der Waals surface area (Å²) >= 11 is 11.7. The minimum Gasteiger partial charge on any atom is -0.437 e. The molecule has 0 N–H and O–H groups in total. The van der Waals surface area contributed by atoms with E-state index in [1.807, 2.05) is 13.0 Å². The second-order valence-corrected chi connectivity index (χ2v) is 4.18. The Kier molecular flexibility index (Phi) is 3.82. The molecular formula is C12H10Cl2N2O. The number of hydrogen-bond donors (Lipinski definition) is 0. The summed E-state index contributed by atoms with van der Waals surface area (Å²) in [4.78, 5) is 7.89. The van der Waals surface area contributed by atoms with E-state index in [1.54, 1.807) is 12.1 Å². The highest BCUT2D eigenvalue weighted by molar-refractivity contribution is 6.31. The van der Waals surface area contributed by atoms with Crippen molar-refractivity contribution >= 4 is 23.2 Å². The first-order chi connectivity index (χ1) is 8.19. The molecule has 0 aliphatic heterocycles. The molecule has 0 amide bonds. The molecule has 2 aromatic rings. The third kappa shape index (κ3) is 3.08. The summed E-state index contributed by atoms with van der Waals surface area (Å²) in [6.45, 7) is 2.03. The summed E-state index contributed by atoms with van der Waals surface area (Å²) in [7, 11) is 0. The average Bonchev–Trinajstić information content (AvgIpc) is 2.32. The van der Waals surface area contributed by atoms with Gasteiger partial charge in [-0.05, 0) is 30.2 Å². The standard InChI is InChI=1S/C12H10Cl2N2O/c1-2-8-5-9(3-4-10(8)13)17-12-7-15-6-11(14)16-12/h3-7H,2H2,1H3. The molecule has 0 unspecified atom stereocenters. The maximum atomic E-state index is 6.02. The Balaban J connectivity index is 2.24. The lowest BCUT2D eigenvalue weighted by Crippen LogP contribution is -1.91. The van der Waals surface area contributed by atoms with Gasteiger partial charge in [-0.2, -0.15) is 4.98 Å². The number of rotatable bonds is 3. The molecule has 0 saturated heterocycles. The van der Waals surface area contributed by atoms with Crippen LogP contribution < -0.4 is 4.74 Å². The Morgan fingerprint density at radius 3 is 2.76 bits per heavy atom. The average molecular weight is 269 g/mol. The van der Waals surface area contributed by atoms with Crippen molar-refractivity contribution in [3.63, 3.8) is 0 Å². The van der Waals surface area contributed by atoms with Crippen LogP contribution in [-0.2, 0) is 6.42 Å². The van der Waals surface area contributed by atoms with Crippen LogP contribution in [0, 0.1) is 0 Å². The van der Waals surface area contributed by atoms with E-state index in [2.05, 4.69) is 9.97 Å². The second-order valence-electron chi connectivity index (χ2n) is 3.39. The third-order valence-corrected chi connectivity index (χ3v) is 2.75. The molecule has 1 aromatic heterocycles. The molecule has 88 valence electrons. The van der Waals surface area contributed by atoms with E-state index in [0.29, 0.717) is 16.8 Å². The molecule has 0 bridgehead atoms. The zero-order valence-corrected chi connectivity index (χ0v) is 10.7. The summed E-state index contributed by atoms with van der Waals surface area (Å²) in [6, 6.07) is 5.46. The fourth-order valence-corrected chi connectivity index (χ4v) is 1.77. The first kappa shape index (κ1) is 12.1. The van der Waals surface area contributed by atoms with Crippen molar-refractivity contribution in [3.05, 3.63) is 46.3 Å². The van der Waals surface area contributed by atoms with Crippen LogP contribution in [0.1, 0.15) is 12.5 Å². The lowest BCUT2D eigenvalue weighted by Gasteiger charge is -2.07. The number of halogens is 2. The Bertz CT molecular complexity index is 532. The van der Waals surface area contributed by atoms with Gasteiger partial charge in [-0.15, -0.1) is 0 Å². The molecule has 2 rings (SSSR count). The summed E-state index contributed by atoms with van der Waals surface area (Å²) in [6.07, 6.45) is 3.80. The molecule has 0 aliphatic carbocycles. The quantitative estimate of drug-likeness (QED) is 0.839. The van der Waals surface area contributed by atoms with Gasteiger partial charge < -0.3 is 4.74 Å². The maximum Gasteiger partial charge on any atom is 0.239 e. The lowest BCUT2D eigenvalue weighted by molar-refractivity contribution is 0.459. The van der Waals surface area contributed by atoms with Crippen molar-refractivity contribution in [2.75, 3.05) is 0 Å². The van der Waals surface area contributed by atoms with Crippen molar-refractivity contribution < 1.29 is 4.74 Å². The molecule has 5 heteroatoms. The van der Waals surface area contributed by atoms with Gasteiger partial charge in [0, 0.05) is 5.02 Å². The molecule has 0 atom stereocenters. The molecule has 0 fully saturated rings. The van der Waals surface area contributed by atoms with Gasteiger partial charge >= 0.3 is 0 Å². The highest BCUT2D eigenvalue weighted by Gasteiger charge is 2.04. The molecule has 17 heavy (non-hydrogen) atoms. The van der Waals surface area contributed by atoms with Crippen LogP contribution in [0.3, 0.4) is 0 Å². The molecule has 0 aliphatic rings. The van der Waals surface area contributed by atoms with E-state index in [0.717, 1.165) is 17.0 Å². The number of ether oxygens (including phenoxy) is 1. The summed E-state index contributed by atoms with van der Waals surface area (Å²) < 4.78 is 5.54. The minimum absolute atomic E-state index is 0.298. The van der Waals surface area contributed by atoms with Crippen LogP contribution in [0.15, 0.2) is 30.6 Å². The van der Waals surface area contributed by atoms with E-state index >= 15 is 0 Å². The van der Waals surface area contributed by atoms with Crippen LogP contribution in [0.2, 0.25) is 10.2 Å². The molecule has 0 saturated carbocycles. The van der Waals surface area contributed by atoms with Crippen LogP contribution in [0.25, 0.3) is 0 Å². The van der Waals surface area contributed by atoms with Crippen LogP contribution in [-0.4, -0.2) is 9.97 Å².